The first-order chi connectivity index (χ1) is 10.6. The fourth-order valence-electron chi connectivity index (χ4n) is 1.94. The highest BCUT2D eigenvalue weighted by Gasteiger charge is 2.26. The third kappa shape index (κ3) is 3.95. The average molecular weight is 395 g/mol. The van der Waals surface area contributed by atoms with E-state index in [1.807, 2.05) is 0 Å². The molecule has 0 atom stereocenters. The molecule has 0 N–H and O–H groups in total. The lowest BCUT2D eigenvalue weighted by Crippen LogP contribution is -2.16. The number of nitro groups is 1. The molecule has 0 saturated heterocycles. The smallest absolute Gasteiger partial charge is 0.305 e. The zero-order valence-corrected chi connectivity index (χ0v) is 15.3. The average Bonchev–Trinajstić information content (AvgIpc) is 2.89. The van der Waals surface area contributed by atoms with Gasteiger partial charge in [-0.25, -0.2) is 8.42 Å². The molecule has 0 aliphatic rings. The number of benzene rings is 1. The summed E-state index contributed by atoms with van der Waals surface area (Å²) in [5.41, 5.74) is 0.432. The van der Waals surface area contributed by atoms with Crippen LogP contribution in [-0.2, 0) is 16.4 Å². The lowest BCUT2D eigenvalue weighted by Gasteiger charge is -2.17. The summed E-state index contributed by atoms with van der Waals surface area (Å²) in [4.78, 5) is 12.2. The molecule has 0 aliphatic carbocycles. The molecule has 6 nitrogen and oxygen atoms in total. The Bertz CT molecular complexity index is 865. The zero-order valence-electron chi connectivity index (χ0n) is 12.1. The fraction of sp³-hybridized carbons (Fsp3) is 0.231. The summed E-state index contributed by atoms with van der Waals surface area (Å²) in [6.45, 7) is 0.254. The van der Waals surface area contributed by atoms with Gasteiger partial charge in [0.25, 0.3) is 0 Å². The number of hydrogen-bond acceptors (Lipinski definition) is 6. The van der Waals surface area contributed by atoms with Gasteiger partial charge >= 0.3 is 5.69 Å². The first kappa shape index (κ1) is 18.0. The second-order valence-corrected chi connectivity index (χ2v) is 8.91. The number of rotatable bonds is 5. The van der Waals surface area contributed by atoms with Crippen molar-refractivity contribution in [2.75, 3.05) is 18.2 Å². The highest BCUT2D eigenvalue weighted by molar-refractivity contribution is 7.92. The maximum Gasteiger partial charge on any atom is 0.305 e. The van der Waals surface area contributed by atoms with Crippen molar-refractivity contribution < 1.29 is 13.3 Å². The second-order valence-electron chi connectivity index (χ2n) is 4.85. The van der Waals surface area contributed by atoms with Crippen molar-refractivity contribution in [1.29, 1.82) is 0 Å². The number of nitrogens with zero attached hydrogens (tertiary/aromatic N) is 2. The molecule has 0 radical (unpaired) electrons. The summed E-state index contributed by atoms with van der Waals surface area (Å²) >= 11 is 12.9. The summed E-state index contributed by atoms with van der Waals surface area (Å²) in [5, 5.41) is 12.2. The lowest BCUT2D eigenvalue weighted by molar-refractivity contribution is -0.383. The van der Waals surface area contributed by atoms with Crippen molar-refractivity contribution in [2.24, 2.45) is 0 Å². The van der Waals surface area contributed by atoms with Gasteiger partial charge in [0.1, 0.15) is 4.21 Å². The number of sulfone groups is 1. The summed E-state index contributed by atoms with van der Waals surface area (Å²) in [6.07, 6.45) is 1.01. The lowest BCUT2D eigenvalue weighted by atomic mass is 10.2. The van der Waals surface area contributed by atoms with Crippen LogP contribution < -0.4 is 4.90 Å². The van der Waals surface area contributed by atoms with E-state index in [9.17, 15) is 18.5 Å². The highest BCUT2D eigenvalue weighted by atomic mass is 35.5. The van der Waals surface area contributed by atoms with Crippen LogP contribution in [0.5, 0.6) is 0 Å². The molecule has 1 aromatic carbocycles. The normalized spacial score (nSPS) is 11.5. The van der Waals surface area contributed by atoms with Crippen molar-refractivity contribution in [3.05, 3.63) is 50.0 Å². The standard InChI is InChI=1S/C13H12Cl2N2O4S2/c1-16(7-8-4-3-5-9(14)12(8)15)13-10(17(18)19)6-11(22-13)23(2,20)21/h3-6H,7H2,1-2H3. The van der Waals surface area contributed by atoms with Crippen molar-refractivity contribution >= 4 is 55.1 Å². The molecule has 1 heterocycles. The van der Waals surface area contributed by atoms with Crippen molar-refractivity contribution in [2.45, 2.75) is 10.8 Å². The second kappa shape index (κ2) is 6.64. The Kier molecular flexibility index (Phi) is 5.20. The third-order valence-corrected chi connectivity index (χ3v) is 6.92. The van der Waals surface area contributed by atoms with E-state index in [2.05, 4.69) is 0 Å². The summed E-state index contributed by atoms with van der Waals surface area (Å²) in [7, 11) is -1.89. The number of anilines is 1. The van der Waals surface area contributed by atoms with Crippen molar-refractivity contribution in [3.63, 3.8) is 0 Å². The minimum absolute atomic E-state index is 0.0526. The molecule has 0 spiro atoms. The molecule has 2 aromatic rings. The van der Waals surface area contributed by atoms with E-state index in [-0.39, 0.29) is 21.4 Å². The molecule has 2 rings (SSSR count). The summed E-state index contributed by atoms with van der Waals surface area (Å²) < 4.78 is 23.2. The first-order valence-corrected chi connectivity index (χ1v) is 9.70. The Balaban J connectivity index is 2.42. The molecular weight excluding hydrogens is 383 g/mol. The molecular formula is C13H12Cl2N2O4S2. The predicted octanol–water partition coefficient (Wildman–Crippen LogP) is 4.00. The van der Waals surface area contributed by atoms with E-state index in [1.165, 1.54) is 0 Å². The molecule has 1 aromatic heterocycles. The monoisotopic (exact) mass is 394 g/mol. The third-order valence-electron chi connectivity index (χ3n) is 3.02. The molecule has 0 aliphatic heterocycles. The van der Waals surface area contributed by atoms with Crippen LogP contribution in [0.25, 0.3) is 0 Å². The maximum absolute atomic E-state index is 11.6. The fourth-order valence-corrected chi connectivity index (χ4v) is 4.30. The Morgan fingerprint density at radius 3 is 2.57 bits per heavy atom. The Morgan fingerprint density at radius 1 is 1.35 bits per heavy atom. The van der Waals surface area contributed by atoms with Crippen LogP contribution in [0, 0.1) is 10.1 Å². The van der Waals surface area contributed by atoms with Gasteiger partial charge in [-0.05, 0) is 11.6 Å². The summed E-state index contributed by atoms with van der Waals surface area (Å²) in [6, 6.07) is 6.19. The minimum atomic E-state index is -3.52. The maximum atomic E-state index is 11.6. The van der Waals surface area contributed by atoms with Crippen molar-refractivity contribution in [1.82, 2.24) is 0 Å². The number of thiophene rings is 1. The van der Waals surface area contributed by atoms with Gasteiger partial charge in [0.2, 0.25) is 0 Å². The largest absolute Gasteiger partial charge is 0.356 e. The predicted molar refractivity (Wildman–Crippen MR) is 92.7 cm³/mol. The Labute approximate surface area is 147 Å². The van der Waals surface area contributed by atoms with Crippen LogP contribution >= 0.6 is 34.5 Å². The molecule has 0 amide bonds. The van der Waals surface area contributed by atoms with E-state index in [0.29, 0.717) is 15.6 Å². The first-order valence-electron chi connectivity index (χ1n) is 6.23. The molecule has 0 fully saturated rings. The number of halogens is 2. The van der Waals surface area contributed by atoms with Crippen LogP contribution in [0.3, 0.4) is 0 Å². The Hall–Kier alpha value is -1.35. The summed E-state index contributed by atoms with van der Waals surface area (Å²) in [5.74, 6) is 0. The molecule has 0 bridgehead atoms. The highest BCUT2D eigenvalue weighted by Crippen LogP contribution is 2.40. The van der Waals surface area contributed by atoms with Crippen LogP contribution in [0.2, 0.25) is 10.0 Å². The van der Waals surface area contributed by atoms with Crippen LogP contribution in [-0.4, -0.2) is 26.6 Å². The van der Waals surface area contributed by atoms with Gasteiger partial charge in [0.15, 0.2) is 14.8 Å². The van der Waals surface area contributed by atoms with E-state index >= 15 is 0 Å². The van der Waals surface area contributed by atoms with E-state index < -0.39 is 14.8 Å². The van der Waals surface area contributed by atoms with Crippen LogP contribution in [0.1, 0.15) is 5.56 Å². The molecule has 0 saturated carbocycles. The molecule has 124 valence electrons. The van der Waals surface area contributed by atoms with Gasteiger partial charge in [-0.15, -0.1) is 0 Å². The van der Waals surface area contributed by atoms with Gasteiger partial charge < -0.3 is 4.90 Å². The number of hydrogen-bond donors (Lipinski definition) is 0. The van der Waals surface area contributed by atoms with E-state index in [4.69, 9.17) is 23.2 Å². The van der Waals surface area contributed by atoms with Gasteiger partial charge in [0.05, 0.1) is 15.0 Å². The van der Waals surface area contributed by atoms with Gasteiger partial charge in [-0.2, -0.15) is 0 Å². The quantitative estimate of drug-likeness (QED) is 0.565. The van der Waals surface area contributed by atoms with Gasteiger partial charge in [-0.3, -0.25) is 10.1 Å². The molecule has 0 unspecified atom stereocenters. The minimum Gasteiger partial charge on any atom is -0.356 e. The van der Waals surface area contributed by atoms with Gasteiger partial charge in [-0.1, -0.05) is 46.7 Å². The molecule has 23 heavy (non-hydrogen) atoms. The zero-order chi connectivity index (χ0) is 17.4. The van der Waals surface area contributed by atoms with Crippen LogP contribution in [0.15, 0.2) is 28.5 Å². The van der Waals surface area contributed by atoms with Crippen molar-refractivity contribution in [3.8, 4) is 0 Å². The topological polar surface area (TPSA) is 80.5 Å². The molecule has 10 heteroatoms. The van der Waals surface area contributed by atoms with E-state index in [0.717, 1.165) is 23.7 Å². The van der Waals surface area contributed by atoms with Crippen LogP contribution in [0.4, 0.5) is 10.7 Å². The van der Waals surface area contributed by atoms with Gasteiger partial charge in [0, 0.05) is 25.9 Å². The van der Waals surface area contributed by atoms with E-state index in [1.54, 1.807) is 30.1 Å². The Morgan fingerprint density at radius 2 is 2.00 bits per heavy atom. The SMILES string of the molecule is CN(Cc1cccc(Cl)c1Cl)c1sc(S(C)(=O)=O)cc1[N+](=O)[O-].